The standard InChI is InChI=1S/C23H31ClN4O2/c1-25-23(26-12-11-18-3-7-20(24)8-4-18)27-17-22(28-13-15-30-16-14-28)19-5-9-21(29-2)10-6-19/h3-10,22H,11-17H2,1-2H3,(H2,25,26,27). The van der Waals surface area contributed by atoms with E-state index in [9.17, 15) is 0 Å². The fourth-order valence-electron chi connectivity index (χ4n) is 3.56. The molecule has 6 nitrogen and oxygen atoms in total. The van der Waals surface area contributed by atoms with E-state index in [4.69, 9.17) is 21.1 Å². The van der Waals surface area contributed by atoms with Crippen LogP contribution in [0.1, 0.15) is 17.2 Å². The number of ether oxygens (including phenoxy) is 2. The van der Waals surface area contributed by atoms with E-state index >= 15 is 0 Å². The molecule has 30 heavy (non-hydrogen) atoms. The molecule has 0 radical (unpaired) electrons. The van der Waals surface area contributed by atoms with Crippen LogP contribution >= 0.6 is 11.6 Å². The van der Waals surface area contributed by atoms with Gasteiger partial charge in [0.05, 0.1) is 26.4 Å². The molecule has 1 heterocycles. The van der Waals surface area contributed by atoms with Crippen molar-refractivity contribution in [3.8, 4) is 5.75 Å². The van der Waals surface area contributed by atoms with Crippen LogP contribution in [0.15, 0.2) is 53.5 Å². The van der Waals surface area contributed by atoms with E-state index in [1.54, 1.807) is 14.2 Å². The first kappa shape index (κ1) is 22.4. The minimum absolute atomic E-state index is 0.231. The van der Waals surface area contributed by atoms with Gasteiger partial charge in [-0.3, -0.25) is 9.89 Å². The first-order valence-corrected chi connectivity index (χ1v) is 10.7. The van der Waals surface area contributed by atoms with E-state index in [0.29, 0.717) is 0 Å². The van der Waals surface area contributed by atoms with Crippen LogP contribution in [0.2, 0.25) is 5.02 Å². The zero-order valence-corrected chi connectivity index (χ0v) is 18.5. The van der Waals surface area contributed by atoms with Crippen LogP contribution in [0.5, 0.6) is 5.75 Å². The van der Waals surface area contributed by atoms with Crippen LogP contribution in [0, 0.1) is 0 Å². The predicted molar refractivity (Wildman–Crippen MR) is 123 cm³/mol. The summed E-state index contributed by atoms with van der Waals surface area (Å²) in [4.78, 5) is 6.84. The highest BCUT2D eigenvalue weighted by atomic mass is 35.5. The first-order chi connectivity index (χ1) is 14.7. The fraction of sp³-hybridized carbons (Fsp3) is 0.435. The zero-order valence-electron chi connectivity index (χ0n) is 17.7. The molecule has 1 aliphatic heterocycles. The highest BCUT2D eigenvalue weighted by molar-refractivity contribution is 6.30. The Morgan fingerprint density at radius 1 is 1.10 bits per heavy atom. The molecular formula is C23H31ClN4O2. The van der Waals surface area contributed by atoms with Crippen molar-refractivity contribution in [1.82, 2.24) is 15.5 Å². The number of nitrogens with zero attached hydrogens (tertiary/aromatic N) is 2. The molecule has 1 saturated heterocycles. The van der Waals surface area contributed by atoms with Crippen molar-refractivity contribution < 1.29 is 9.47 Å². The molecule has 0 spiro atoms. The number of morpholine rings is 1. The molecule has 162 valence electrons. The average molecular weight is 431 g/mol. The average Bonchev–Trinajstić information content (AvgIpc) is 2.80. The molecule has 0 aromatic heterocycles. The number of nitrogens with one attached hydrogen (secondary N) is 2. The monoisotopic (exact) mass is 430 g/mol. The van der Waals surface area contributed by atoms with Crippen molar-refractivity contribution in [2.45, 2.75) is 12.5 Å². The molecular weight excluding hydrogens is 400 g/mol. The van der Waals surface area contributed by atoms with Crippen LogP contribution in [-0.2, 0) is 11.2 Å². The van der Waals surface area contributed by atoms with E-state index in [-0.39, 0.29) is 6.04 Å². The second kappa shape index (κ2) is 11.8. The Labute approximate surface area is 184 Å². The van der Waals surface area contributed by atoms with Crippen molar-refractivity contribution >= 4 is 17.6 Å². The topological polar surface area (TPSA) is 58.1 Å². The molecule has 7 heteroatoms. The number of aliphatic imine (C=N–C) groups is 1. The molecule has 3 rings (SSSR count). The van der Waals surface area contributed by atoms with Crippen molar-refractivity contribution in [3.05, 3.63) is 64.7 Å². The lowest BCUT2D eigenvalue weighted by molar-refractivity contribution is 0.0170. The second-order valence-electron chi connectivity index (χ2n) is 7.19. The Hall–Kier alpha value is -2.28. The number of methoxy groups -OCH3 is 1. The third-order valence-electron chi connectivity index (χ3n) is 5.29. The molecule has 2 aromatic carbocycles. The van der Waals surface area contributed by atoms with E-state index in [2.05, 4.69) is 44.8 Å². The van der Waals surface area contributed by atoms with Gasteiger partial charge >= 0.3 is 0 Å². The minimum atomic E-state index is 0.231. The molecule has 0 saturated carbocycles. The predicted octanol–water partition coefficient (Wildman–Crippen LogP) is 3.13. The highest BCUT2D eigenvalue weighted by Crippen LogP contribution is 2.23. The first-order valence-electron chi connectivity index (χ1n) is 10.3. The van der Waals surface area contributed by atoms with E-state index in [1.807, 2.05) is 24.3 Å². The molecule has 0 bridgehead atoms. The number of halogens is 1. The zero-order chi connectivity index (χ0) is 21.2. The summed E-state index contributed by atoms with van der Waals surface area (Å²) in [6, 6.07) is 16.5. The lowest BCUT2D eigenvalue weighted by Crippen LogP contribution is -2.46. The smallest absolute Gasteiger partial charge is 0.191 e. The Morgan fingerprint density at radius 2 is 1.80 bits per heavy atom. The van der Waals surface area contributed by atoms with Crippen LogP contribution in [0.3, 0.4) is 0 Å². The number of guanidine groups is 1. The van der Waals surface area contributed by atoms with Gasteiger partial charge in [0.2, 0.25) is 0 Å². The van der Waals surface area contributed by atoms with E-state index in [0.717, 1.165) is 62.5 Å². The van der Waals surface area contributed by atoms with Gasteiger partial charge in [-0.15, -0.1) is 0 Å². The Bertz CT molecular complexity index is 790. The maximum absolute atomic E-state index is 5.96. The fourth-order valence-corrected chi connectivity index (χ4v) is 3.69. The number of rotatable bonds is 8. The summed E-state index contributed by atoms with van der Waals surface area (Å²) in [5, 5.41) is 7.66. The minimum Gasteiger partial charge on any atom is -0.497 e. The largest absolute Gasteiger partial charge is 0.497 e. The van der Waals surface area contributed by atoms with Gasteiger partial charge in [0.15, 0.2) is 5.96 Å². The van der Waals surface area contributed by atoms with Gasteiger partial charge in [-0.25, -0.2) is 0 Å². The van der Waals surface area contributed by atoms with Gasteiger partial charge in [-0.05, 0) is 41.8 Å². The van der Waals surface area contributed by atoms with Crippen molar-refractivity contribution in [1.29, 1.82) is 0 Å². The Morgan fingerprint density at radius 3 is 2.43 bits per heavy atom. The van der Waals surface area contributed by atoms with Gasteiger partial charge in [0.1, 0.15) is 5.75 Å². The number of hydrogen-bond donors (Lipinski definition) is 2. The summed E-state index contributed by atoms with van der Waals surface area (Å²) in [5.41, 5.74) is 2.49. The summed E-state index contributed by atoms with van der Waals surface area (Å²) in [5.74, 6) is 1.67. The molecule has 1 unspecified atom stereocenters. The summed E-state index contributed by atoms with van der Waals surface area (Å²) in [6.07, 6.45) is 0.906. The van der Waals surface area contributed by atoms with Gasteiger partial charge < -0.3 is 20.1 Å². The maximum atomic E-state index is 5.96. The summed E-state index contributed by atoms with van der Waals surface area (Å²) in [6.45, 7) is 4.92. The summed E-state index contributed by atoms with van der Waals surface area (Å²) >= 11 is 5.96. The SMILES string of the molecule is CN=C(NCCc1ccc(Cl)cc1)NCC(c1ccc(OC)cc1)N1CCOCC1. The second-order valence-corrected chi connectivity index (χ2v) is 7.63. The van der Waals surface area contributed by atoms with Crippen molar-refractivity contribution in [2.75, 3.05) is 53.6 Å². The molecule has 2 aromatic rings. The van der Waals surface area contributed by atoms with Crippen molar-refractivity contribution in [2.24, 2.45) is 4.99 Å². The third-order valence-corrected chi connectivity index (χ3v) is 5.54. The highest BCUT2D eigenvalue weighted by Gasteiger charge is 2.23. The summed E-state index contributed by atoms with van der Waals surface area (Å²) in [7, 11) is 3.49. The molecule has 1 atom stereocenters. The van der Waals surface area contributed by atoms with Gasteiger partial charge in [0, 0.05) is 38.2 Å². The van der Waals surface area contributed by atoms with Gasteiger partial charge in [-0.1, -0.05) is 35.9 Å². The summed E-state index contributed by atoms with van der Waals surface area (Å²) < 4.78 is 10.9. The molecule has 0 aliphatic carbocycles. The van der Waals surface area contributed by atoms with Gasteiger partial charge in [0.25, 0.3) is 0 Å². The molecule has 2 N–H and O–H groups in total. The van der Waals surface area contributed by atoms with Gasteiger partial charge in [-0.2, -0.15) is 0 Å². The van der Waals surface area contributed by atoms with Crippen LogP contribution in [0.4, 0.5) is 0 Å². The van der Waals surface area contributed by atoms with Crippen LogP contribution in [-0.4, -0.2) is 64.4 Å². The van der Waals surface area contributed by atoms with Crippen LogP contribution < -0.4 is 15.4 Å². The quantitative estimate of drug-likeness (QED) is 0.497. The lowest BCUT2D eigenvalue weighted by atomic mass is 10.0. The van der Waals surface area contributed by atoms with Crippen LogP contribution in [0.25, 0.3) is 0 Å². The Balaban J connectivity index is 1.57. The lowest BCUT2D eigenvalue weighted by Gasteiger charge is -2.35. The van der Waals surface area contributed by atoms with Crippen molar-refractivity contribution in [3.63, 3.8) is 0 Å². The van der Waals surface area contributed by atoms with E-state index < -0.39 is 0 Å². The Kier molecular flexibility index (Phi) is 8.81. The van der Waals surface area contributed by atoms with E-state index in [1.165, 1.54) is 11.1 Å². The number of benzene rings is 2. The normalized spacial score (nSPS) is 16.2. The maximum Gasteiger partial charge on any atom is 0.191 e. The number of hydrogen-bond acceptors (Lipinski definition) is 4. The molecule has 1 fully saturated rings. The molecule has 1 aliphatic rings. The third kappa shape index (κ3) is 6.62. The molecule has 0 amide bonds.